The van der Waals surface area contributed by atoms with E-state index in [1.807, 2.05) is 17.0 Å². The smallest absolute Gasteiger partial charge is 0.248 e. The van der Waals surface area contributed by atoms with Gasteiger partial charge in [-0.1, -0.05) is 13.8 Å². The van der Waals surface area contributed by atoms with Crippen molar-refractivity contribution in [3.63, 3.8) is 0 Å². The SMILES string of the molecule is CCc1ccnc(N[C@H]2c3cc(C(N)=O)ccc3N(C(C)=O)[C@@H](C3CC3)[C@@H]2C)n1. The van der Waals surface area contributed by atoms with Crippen LogP contribution in [0.5, 0.6) is 0 Å². The summed E-state index contributed by atoms with van der Waals surface area (Å²) >= 11 is 0. The number of nitrogens with one attached hydrogen (secondary N) is 1. The summed E-state index contributed by atoms with van der Waals surface area (Å²) in [4.78, 5) is 35.3. The number of aryl methyl sites for hydroxylation is 1. The summed E-state index contributed by atoms with van der Waals surface area (Å²) in [6.45, 7) is 5.81. The maximum absolute atomic E-state index is 12.6. The predicted molar refractivity (Wildman–Crippen MR) is 112 cm³/mol. The molecule has 1 aromatic carbocycles. The second kappa shape index (κ2) is 7.46. The fourth-order valence-corrected chi connectivity index (χ4v) is 4.52. The Balaban J connectivity index is 1.82. The Morgan fingerprint density at radius 3 is 2.66 bits per heavy atom. The van der Waals surface area contributed by atoms with Crippen LogP contribution >= 0.6 is 0 Å². The van der Waals surface area contributed by atoms with E-state index in [1.165, 1.54) is 0 Å². The van der Waals surface area contributed by atoms with Gasteiger partial charge in [0.1, 0.15) is 0 Å². The van der Waals surface area contributed by atoms with Gasteiger partial charge in [-0.3, -0.25) is 9.59 Å². The molecular formula is C22H27N5O2. The van der Waals surface area contributed by atoms with Crippen LogP contribution in [0.25, 0.3) is 0 Å². The third-order valence-corrected chi connectivity index (χ3v) is 6.07. The van der Waals surface area contributed by atoms with Crippen LogP contribution in [0.15, 0.2) is 30.5 Å². The first-order chi connectivity index (χ1) is 13.9. The van der Waals surface area contributed by atoms with Gasteiger partial charge < -0.3 is 16.0 Å². The minimum Gasteiger partial charge on any atom is -0.366 e. The quantitative estimate of drug-likeness (QED) is 0.813. The second-order valence-electron chi connectivity index (χ2n) is 8.06. The van der Waals surface area contributed by atoms with Crippen molar-refractivity contribution in [2.45, 2.75) is 52.1 Å². The summed E-state index contributed by atoms with van der Waals surface area (Å²) in [6.07, 6.45) is 4.83. The molecule has 7 nitrogen and oxygen atoms in total. The fraction of sp³-hybridized carbons (Fsp3) is 0.455. The molecule has 2 amide bonds. The van der Waals surface area contributed by atoms with Gasteiger partial charge in [-0.05, 0) is 55.0 Å². The zero-order valence-electron chi connectivity index (χ0n) is 17.1. The highest BCUT2D eigenvalue weighted by atomic mass is 16.2. The average molecular weight is 393 g/mol. The summed E-state index contributed by atoms with van der Waals surface area (Å²) in [6, 6.07) is 7.22. The number of hydrogen-bond donors (Lipinski definition) is 2. The van der Waals surface area contributed by atoms with E-state index < -0.39 is 5.91 Å². The van der Waals surface area contributed by atoms with E-state index in [9.17, 15) is 9.59 Å². The Hall–Kier alpha value is -2.96. The van der Waals surface area contributed by atoms with E-state index in [0.717, 1.165) is 36.2 Å². The van der Waals surface area contributed by atoms with E-state index in [0.29, 0.717) is 17.4 Å². The van der Waals surface area contributed by atoms with Crippen molar-refractivity contribution in [1.82, 2.24) is 9.97 Å². The van der Waals surface area contributed by atoms with Crippen LogP contribution in [0.1, 0.15) is 61.3 Å². The predicted octanol–water partition coefficient (Wildman–Crippen LogP) is 3.07. The number of amides is 2. The van der Waals surface area contributed by atoms with Crippen LogP contribution in [-0.4, -0.2) is 27.8 Å². The lowest BCUT2D eigenvalue weighted by Gasteiger charge is -2.45. The van der Waals surface area contributed by atoms with Gasteiger partial charge in [0.25, 0.3) is 0 Å². The molecule has 2 aliphatic rings. The maximum Gasteiger partial charge on any atom is 0.248 e. The van der Waals surface area contributed by atoms with Crippen LogP contribution in [0.2, 0.25) is 0 Å². The standard InChI is InChI=1S/C22H27N5O2/c1-4-16-9-10-24-22(25-16)26-19-12(2)20(14-5-6-14)27(13(3)28)18-8-7-15(21(23)29)11-17(18)19/h7-12,14,19-20H,4-6H2,1-3H3,(H2,23,29)(H,24,25,26)/t12-,19-,20-/m1/s1. The molecule has 152 valence electrons. The normalized spacial score (nSPS) is 23.4. The number of nitrogens with zero attached hydrogens (tertiary/aromatic N) is 3. The molecule has 1 fully saturated rings. The van der Waals surface area contributed by atoms with Crippen molar-refractivity contribution < 1.29 is 9.59 Å². The number of aromatic nitrogens is 2. The summed E-state index contributed by atoms with van der Waals surface area (Å²) in [5.41, 5.74) is 8.64. The van der Waals surface area contributed by atoms with Crippen molar-refractivity contribution in [3.05, 3.63) is 47.3 Å². The topological polar surface area (TPSA) is 101 Å². The van der Waals surface area contributed by atoms with E-state index in [4.69, 9.17) is 5.73 Å². The lowest BCUT2D eigenvalue weighted by molar-refractivity contribution is -0.117. The largest absolute Gasteiger partial charge is 0.366 e. The molecule has 3 N–H and O–H groups in total. The number of carbonyl (C=O) groups is 2. The number of fused-ring (bicyclic) bond motifs is 1. The molecular weight excluding hydrogens is 366 g/mol. The summed E-state index contributed by atoms with van der Waals surface area (Å²) < 4.78 is 0. The number of primary amides is 1. The van der Waals surface area contributed by atoms with Crippen molar-refractivity contribution in [3.8, 4) is 0 Å². The lowest BCUT2D eigenvalue weighted by Crippen LogP contribution is -2.51. The highest BCUT2D eigenvalue weighted by Gasteiger charge is 2.47. The Bertz CT molecular complexity index is 956. The number of hydrogen-bond acceptors (Lipinski definition) is 5. The van der Waals surface area contributed by atoms with E-state index in [1.54, 1.807) is 25.3 Å². The molecule has 0 bridgehead atoms. The molecule has 4 rings (SSSR count). The molecule has 0 saturated heterocycles. The van der Waals surface area contributed by atoms with Gasteiger partial charge in [-0.15, -0.1) is 0 Å². The molecule has 2 heterocycles. The highest BCUT2D eigenvalue weighted by molar-refractivity contribution is 5.97. The Labute approximate surface area is 170 Å². The molecule has 1 aromatic heterocycles. The minimum atomic E-state index is -0.484. The number of carbonyl (C=O) groups excluding carboxylic acids is 2. The minimum absolute atomic E-state index is 0.0181. The van der Waals surface area contributed by atoms with Crippen molar-refractivity contribution in [2.24, 2.45) is 17.6 Å². The van der Waals surface area contributed by atoms with Crippen LogP contribution in [0, 0.1) is 11.8 Å². The van der Waals surface area contributed by atoms with Gasteiger partial charge >= 0.3 is 0 Å². The maximum atomic E-state index is 12.6. The zero-order chi connectivity index (χ0) is 20.7. The molecule has 29 heavy (non-hydrogen) atoms. The molecule has 7 heteroatoms. The van der Waals surface area contributed by atoms with E-state index in [-0.39, 0.29) is 23.9 Å². The second-order valence-corrected chi connectivity index (χ2v) is 8.06. The fourth-order valence-electron chi connectivity index (χ4n) is 4.52. The monoisotopic (exact) mass is 393 g/mol. The van der Waals surface area contributed by atoms with E-state index >= 15 is 0 Å². The Kier molecular flexibility index (Phi) is 4.98. The number of rotatable bonds is 5. The average Bonchev–Trinajstić information content (AvgIpc) is 3.54. The molecule has 3 atom stereocenters. The number of benzene rings is 1. The van der Waals surface area contributed by atoms with Crippen LogP contribution in [0.4, 0.5) is 11.6 Å². The summed E-state index contributed by atoms with van der Waals surface area (Å²) in [5.74, 6) is 0.704. The van der Waals surface area contributed by atoms with Gasteiger partial charge in [0.2, 0.25) is 17.8 Å². The lowest BCUT2D eigenvalue weighted by atomic mass is 9.79. The molecule has 2 aromatic rings. The number of anilines is 2. The molecule has 1 aliphatic carbocycles. The Morgan fingerprint density at radius 1 is 1.28 bits per heavy atom. The first kappa shape index (κ1) is 19.4. The summed E-state index contributed by atoms with van der Waals surface area (Å²) in [7, 11) is 0. The van der Waals surface area contributed by atoms with Gasteiger partial charge in [-0.25, -0.2) is 9.97 Å². The number of nitrogens with two attached hydrogens (primary N) is 1. The van der Waals surface area contributed by atoms with Gasteiger partial charge in [0.05, 0.1) is 6.04 Å². The molecule has 1 saturated carbocycles. The van der Waals surface area contributed by atoms with Gasteiger partial charge in [-0.2, -0.15) is 0 Å². The third-order valence-electron chi connectivity index (χ3n) is 6.07. The van der Waals surface area contributed by atoms with Crippen molar-refractivity contribution >= 4 is 23.5 Å². The molecule has 0 radical (unpaired) electrons. The van der Waals surface area contributed by atoms with Crippen LogP contribution in [-0.2, 0) is 11.2 Å². The van der Waals surface area contributed by atoms with Crippen LogP contribution in [0.3, 0.4) is 0 Å². The first-order valence-electron chi connectivity index (χ1n) is 10.2. The summed E-state index contributed by atoms with van der Waals surface area (Å²) in [5, 5.41) is 3.49. The van der Waals surface area contributed by atoms with Gasteiger partial charge in [0, 0.05) is 42.0 Å². The molecule has 1 aliphatic heterocycles. The van der Waals surface area contributed by atoms with Crippen molar-refractivity contribution in [1.29, 1.82) is 0 Å². The molecule has 0 spiro atoms. The Morgan fingerprint density at radius 2 is 2.03 bits per heavy atom. The highest BCUT2D eigenvalue weighted by Crippen LogP contribution is 2.50. The van der Waals surface area contributed by atoms with Crippen molar-refractivity contribution in [2.75, 3.05) is 10.2 Å². The van der Waals surface area contributed by atoms with Crippen LogP contribution < -0.4 is 16.0 Å². The zero-order valence-corrected chi connectivity index (χ0v) is 17.1. The third kappa shape index (κ3) is 3.57. The molecule has 0 unspecified atom stereocenters. The first-order valence-corrected chi connectivity index (χ1v) is 10.2. The van der Waals surface area contributed by atoms with E-state index in [2.05, 4.69) is 29.1 Å². The van der Waals surface area contributed by atoms with Gasteiger partial charge in [0.15, 0.2) is 0 Å².